The summed E-state index contributed by atoms with van der Waals surface area (Å²) in [5, 5.41) is 7.09. The minimum absolute atomic E-state index is 0. The Bertz CT molecular complexity index is 1130. The van der Waals surface area contributed by atoms with Crippen LogP contribution in [0.25, 0.3) is 10.9 Å². The summed E-state index contributed by atoms with van der Waals surface area (Å²) < 4.78 is 5.16. The summed E-state index contributed by atoms with van der Waals surface area (Å²) in [7, 11) is 0. The van der Waals surface area contributed by atoms with Crippen LogP contribution in [0.2, 0.25) is 0 Å². The zero-order valence-corrected chi connectivity index (χ0v) is 18.6. The number of para-hydroxylation sites is 1. The van der Waals surface area contributed by atoms with Crippen molar-refractivity contribution >= 4 is 46.6 Å². The van der Waals surface area contributed by atoms with E-state index >= 15 is 0 Å². The quantitative estimate of drug-likeness (QED) is 0.303. The highest BCUT2D eigenvalue weighted by Crippen LogP contribution is 2.33. The number of carbonyl (C=O) groups excluding carboxylic acids is 2. The van der Waals surface area contributed by atoms with Crippen LogP contribution in [0.15, 0.2) is 55.3 Å². The van der Waals surface area contributed by atoms with Crippen molar-refractivity contribution in [1.82, 2.24) is 10.3 Å². The van der Waals surface area contributed by atoms with Crippen molar-refractivity contribution in [2.24, 2.45) is 0 Å². The highest BCUT2D eigenvalue weighted by atomic mass is 35.5. The predicted octanol–water partition coefficient (Wildman–Crippen LogP) is 5.11. The van der Waals surface area contributed by atoms with E-state index in [0.717, 1.165) is 34.1 Å². The maximum atomic E-state index is 12.8. The van der Waals surface area contributed by atoms with Gasteiger partial charge in [0, 0.05) is 30.7 Å². The fraction of sp³-hybridized carbons (Fsp3) is 0.208. The van der Waals surface area contributed by atoms with E-state index in [1.165, 1.54) is 6.92 Å². The van der Waals surface area contributed by atoms with Gasteiger partial charge >= 0.3 is 5.97 Å². The average molecular weight is 440 g/mol. The number of aromatic nitrogens is 1. The molecule has 2 N–H and O–H groups in total. The summed E-state index contributed by atoms with van der Waals surface area (Å²) in [5.74, 6) is -0.131. The van der Waals surface area contributed by atoms with Crippen LogP contribution in [0.4, 0.5) is 11.4 Å². The molecule has 0 atom stereocenters. The van der Waals surface area contributed by atoms with Gasteiger partial charge in [-0.3, -0.25) is 14.6 Å². The van der Waals surface area contributed by atoms with Gasteiger partial charge in [0.05, 0.1) is 16.8 Å². The number of halogens is 1. The van der Waals surface area contributed by atoms with Crippen LogP contribution in [0.1, 0.15) is 35.3 Å². The van der Waals surface area contributed by atoms with Crippen molar-refractivity contribution in [3.63, 3.8) is 0 Å². The van der Waals surface area contributed by atoms with Crippen LogP contribution in [-0.4, -0.2) is 23.4 Å². The first kappa shape index (κ1) is 23.9. The zero-order chi connectivity index (χ0) is 21.7. The lowest BCUT2D eigenvalue weighted by Crippen LogP contribution is -2.24. The number of hydrogen-bond donors (Lipinski definition) is 2. The number of nitrogens with zero attached hydrogens (tertiary/aromatic N) is 1. The molecule has 1 heterocycles. The SMILES string of the molecule is C=CCNC(=O)c1cnc2c(CC)cccc2c1Nc1ccc(OC(C)=O)cc1C.Cl. The second-order valence-electron chi connectivity index (χ2n) is 6.91. The minimum Gasteiger partial charge on any atom is -0.427 e. The average Bonchev–Trinajstić information content (AvgIpc) is 2.73. The number of ether oxygens (including phenoxy) is 1. The van der Waals surface area contributed by atoms with E-state index in [9.17, 15) is 9.59 Å². The van der Waals surface area contributed by atoms with Crippen LogP contribution < -0.4 is 15.4 Å². The van der Waals surface area contributed by atoms with Crippen molar-refractivity contribution in [2.45, 2.75) is 27.2 Å². The molecule has 1 aromatic heterocycles. The Kier molecular flexibility index (Phi) is 8.16. The molecule has 0 bridgehead atoms. The lowest BCUT2D eigenvalue weighted by atomic mass is 10.0. The third kappa shape index (κ3) is 5.41. The standard InChI is InChI=1S/C24H25N3O3.ClH/c1-5-12-25-24(29)20-14-26-22-17(6-2)8-7-9-19(22)23(20)27-21-11-10-18(13-15(21)3)30-16(4)28;/h5,7-11,13-14H,1,6,12H2,2-4H3,(H,25,29)(H,26,27);1H. The number of esters is 1. The van der Waals surface area contributed by atoms with E-state index in [1.54, 1.807) is 24.4 Å². The summed E-state index contributed by atoms with van der Waals surface area (Å²) in [6.07, 6.45) is 4.07. The van der Waals surface area contributed by atoms with Gasteiger partial charge in [0.2, 0.25) is 0 Å². The van der Waals surface area contributed by atoms with E-state index in [4.69, 9.17) is 4.74 Å². The highest BCUT2D eigenvalue weighted by molar-refractivity contribution is 6.08. The Balaban J connectivity index is 0.00000341. The summed E-state index contributed by atoms with van der Waals surface area (Å²) in [6, 6.07) is 11.3. The van der Waals surface area contributed by atoms with Crippen molar-refractivity contribution in [3.8, 4) is 5.75 Å². The van der Waals surface area contributed by atoms with Gasteiger partial charge in [-0.2, -0.15) is 0 Å². The largest absolute Gasteiger partial charge is 0.427 e. The summed E-state index contributed by atoms with van der Waals surface area (Å²) in [4.78, 5) is 28.6. The zero-order valence-electron chi connectivity index (χ0n) is 17.8. The Hall–Kier alpha value is -3.38. The van der Waals surface area contributed by atoms with Gasteiger partial charge in [0.15, 0.2) is 0 Å². The first-order chi connectivity index (χ1) is 14.4. The van der Waals surface area contributed by atoms with Crippen LogP contribution in [0.5, 0.6) is 5.75 Å². The van der Waals surface area contributed by atoms with E-state index in [-0.39, 0.29) is 24.3 Å². The fourth-order valence-corrected chi connectivity index (χ4v) is 3.28. The number of pyridine rings is 1. The second-order valence-corrected chi connectivity index (χ2v) is 6.91. The molecular formula is C24H26ClN3O3. The molecule has 31 heavy (non-hydrogen) atoms. The lowest BCUT2D eigenvalue weighted by Gasteiger charge is -2.17. The van der Waals surface area contributed by atoms with Crippen molar-refractivity contribution < 1.29 is 14.3 Å². The maximum absolute atomic E-state index is 12.8. The van der Waals surface area contributed by atoms with Gasteiger partial charge < -0.3 is 15.4 Å². The van der Waals surface area contributed by atoms with Gasteiger partial charge in [-0.25, -0.2) is 0 Å². The maximum Gasteiger partial charge on any atom is 0.308 e. The van der Waals surface area contributed by atoms with Gasteiger partial charge in [-0.15, -0.1) is 19.0 Å². The molecule has 0 fully saturated rings. The lowest BCUT2D eigenvalue weighted by molar-refractivity contribution is -0.131. The third-order valence-electron chi connectivity index (χ3n) is 4.73. The Labute approximate surface area is 188 Å². The number of aryl methyl sites for hydroxylation is 2. The first-order valence-corrected chi connectivity index (χ1v) is 9.80. The van der Waals surface area contributed by atoms with Crippen LogP contribution in [0, 0.1) is 6.92 Å². The molecule has 0 saturated heterocycles. The molecule has 0 aliphatic rings. The number of anilines is 2. The number of hydrogen-bond acceptors (Lipinski definition) is 5. The Morgan fingerprint density at radius 1 is 1.23 bits per heavy atom. The van der Waals surface area contributed by atoms with Crippen molar-refractivity contribution in [2.75, 3.05) is 11.9 Å². The topological polar surface area (TPSA) is 80.3 Å². The van der Waals surface area contributed by atoms with Crippen molar-refractivity contribution in [3.05, 3.63) is 71.9 Å². The molecule has 7 heteroatoms. The van der Waals surface area contributed by atoms with E-state index in [2.05, 4.69) is 29.1 Å². The number of benzene rings is 2. The molecule has 2 aromatic carbocycles. The number of rotatable bonds is 7. The number of nitrogens with one attached hydrogen (secondary N) is 2. The minimum atomic E-state index is -0.372. The molecule has 0 radical (unpaired) electrons. The van der Waals surface area contributed by atoms with Crippen LogP contribution >= 0.6 is 12.4 Å². The smallest absolute Gasteiger partial charge is 0.308 e. The third-order valence-corrected chi connectivity index (χ3v) is 4.73. The van der Waals surface area contributed by atoms with E-state index in [0.29, 0.717) is 23.5 Å². The van der Waals surface area contributed by atoms with Gasteiger partial charge in [0.1, 0.15) is 5.75 Å². The van der Waals surface area contributed by atoms with Gasteiger partial charge in [0.25, 0.3) is 5.91 Å². The number of fused-ring (bicyclic) bond motifs is 1. The summed E-state index contributed by atoms with van der Waals surface area (Å²) >= 11 is 0. The summed E-state index contributed by atoms with van der Waals surface area (Å²) in [6.45, 7) is 9.36. The molecule has 0 spiro atoms. The normalized spacial score (nSPS) is 10.2. The highest BCUT2D eigenvalue weighted by Gasteiger charge is 2.17. The molecule has 0 unspecified atom stereocenters. The molecule has 0 saturated carbocycles. The molecule has 6 nitrogen and oxygen atoms in total. The molecule has 162 valence electrons. The summed E-state index contributed by atoms with van der Waals surface area (Å²) in [5.41, 5.74) is 4.77. The monoisotopic (exact) mass is 439 g/mol. The fourth-order valence-electron chi connectivity index (χ4n) is 3.28. The van der Waals surface area contributed by atoms with E-state index in [1.807, 2.05) is 31.2 Å². The molecule has 3 rings (SSSR count). The van der Waals surface area contributed by atoms with E-state index < -0.39 is 0 Å². The predicted molar refractivity (Wildman–Crippen MR) is 127 cm³/mol. The number of amides is 1. The first-order valence-electron chi connectivity index (χ1n) is 9.80. The molecule has 0 aliphatic carbocycles. The Morgan fingerprint density at radius 2 is 2.00 bits per heavy atom. The molecule has 0 aliphatic heterocycles. The number of carbonyl (C=O) groups is 2. The molecular weight excluding hydrogens is 414 g/mol. The Morgan fingerprint density at radius 3 is 2.65 bits per heavy atom. The van der Waals surface area contributed by atoms with Gasteiger partial charge in [-0.05, 0) is 42.7 Å². The van der Waals surface area contributed by atoms with Crippen molar-refractivity contribution in [1.29, 1.82) is 0 Å². The molecule has 1 amide bonds. The molecule has 3 aromatic rings. The van der Waals surface area contributed by atoms with Crippen LogP contribution in [0.3, 0.4) is 0 Å². The second kappa shape index (κ2) is 10.6. The van der Waals surface area contributed by atoms with Crippen LogP contribution in [-0.2, 0) is 11.2 Å². The van der Waals surface area contributed by atoms with Gasteiger partial charge in [-0.1, -0.05) is 31.2 Å².